The summed E-state index contributed by atoms with van der Waals surface area (Å²) in [5, 5.41) is 3.48. The number of nitrogens with one attached hydrogen (secondary N) is 1. The summed E-state index contributed by atoms with van der Waals surface area (Å²) in [6, 6.07) is 5.29. The number of carbonyl (C=O) groups is 1. The molecular formula is C17H20N4O3. The summed E-state index contributed by atoms with van der Waals surface area (Å²) < 4.78 is 7.10. The van der Waals surface area contributed by atoms with Crippen molar-refractivity contribution in [3.05, 3.63) is 34.4 Å². The van der Waals surface area contributed by atoms with Crippen LogP contribution in [-0.2, 0) is 15.1 Å². The predicted molar refractivity (Wildman–Crippen MR) is 89.7 cm³/mol. The maximum absolute atomic E-state index is 13.3. The summed E-state index contributed by atoms with van der Waals surface area (Å²) in [5.74, 6) is 0.609. The first-order chi connectivity index (χ1) is 11.4. The van der Waals surface area contributed by atoms with Crippen LogP contribution in [-0.4, -0.2) is 34.2 Å². The van der Waals surface area contributed by atoms with Gasteiger partial charge in [-0.25, -0.2) is 4.98 Å². The molecule has 1 aromatic carbocycles. The van der Waals surface area contributed by atoms with E-state index in [4.69, 9.17) is 10.5 Å². The van der Waals surface area contributed by atoms with E-state index in [1.54, 1.807) is 22.8 Å². The molecular weight excluding hydrogens is 308 g/mol. The highest BCUT2D eigenvalue weighted by molar-refractivity contribution is 5.89. The average molecular weight is 328 g/mol. The molecule has 1 unspecified atom stereocenters. The van der Waals surface area contributed by atoms with E-state index in [0.717, 1.165) is 0 Å². The fourth-order valence-corrected chi connectivity index (χ4v) is 4.02. The predicted octanol–water partition coefficient (Wildman–Crippen LogP) is 0.681. The molecule has 2 aliphatic heterocycles. The van der Waals surface area contributed by atoms with Gasteiger partial charge in [-0.15, -0.1) is 0 Å². The molecule has 3 heterocycles. The number of amides is 1. The Bertz CT molecular complexity index is 916. The van der Waals surface area contributed by atoms with Crippen LogP contribution >= 0.6 is 0 Å². The number of nitrogens with two attached hydrogens (primary N) is 1. The van der Waals surface area contributed by atoms with E-state index < -0.39 is 11.1 Å². The summed E-state index contributed by atoms with van der Waals surface area (Å²) in [6.45, 7) is 4.60. The summed E-state index contributed by atoms with van der Waals surface area (Å²) in [6.07, 6.45) is 0.926. The number of benzene rings is 1. The Hall–Kier alpha value is -2.41. The van der Waals surface area contributed by atoms with Crippen molar-refractivity contribution in [2.24, 2.45) is 0 Å². The molecule has 3 N–H and O–H groups in total. The minimum absolute atomic E-state index is 0.00487. The second-order valence-corrected chi connectivity index (χ2v) is 6.94. The normalized spacial score (nSPS) is 25.5. The Morgan fingerprint density at radius 3 is 2.75 bits per heavy atom. The molecule has 7 heteroatoms. The number of nitrogens with zero attached hydrogens (tertiary/aromatic N) is 2. The van der Waals surface area contributed by atoms with Crippen LogP contribution in [0.2, 0.25) is 0 Å². The van der Waals surface area contributed by atoms with Crippen molar-refractivity contribution < 1.29 is 9.53 Å². The van der Waals surface area contributed by atoms with Gasteiger partial charge in [0.05, 0.1) is 29.7 Å². The zero-order valence-corrected chi connectivity index (χ0v) is 13.8. The van der Waals surface area contributed by atoms with Crippen molar-refractivity contribution in [1.82, 2.24) is 14.9 Å². The second kappa shape index (κ2) is 4.80. The smallest absolute Gasteiger partial charge is 0.264 e. The van der Waals surface area contributed by atoms with Crippen molar-refractivity contribution >= 4 is 22.5 Å². The lowest BCUT2D eigenvalue weighted by Crippen LogP contribution is -2.77. The second-order valence-electron chi connectivity index (χ2n) is 6.94. The third kappa shape index (κ3) is 1.78. The van der Waals surface area contributed by atoms with Crippen LogP contribution in [0.4, 0.5) is 5.69 Å². The molecule has 2 aliphatic rings. The van der Waals surface area contributed by atoms with Gasteiger partial charge in [0.1, 0.15) is 11.4 Å². The van der Waals surface area contributed by atoms with Crippen molar-refractivity contribution in [3.63, 3.8) is 0 Å². The minimum atomic E-state index is -0.607. The lowest BCUT2D eigenvalue weighted by Gasteiger charge is -2.57. The van der Waals surface area contributed by atoms with Crippen molar-refractivity contribution in [2.45, 2.75) is 37.8 Å². The van der Waals surface area contributed by atoms with Crippen LogP contribution in [0.1, 0.15) is 25.6 Å². The van der Waals surface area contributed by atoms with Crippen LogP contribution < -0.4 is 16.6 Å². The Balaban J connectivity index is 2.00. The number of nitrogen functional groups attached to an aromatic ring is 1. The maximum atomic E-state index is 13.3. The third-order valence-corrected chi connectivity index (χ3v) is 5.54. The molecule has 0 aliphatic carbocycles. The Labute approximate surface area is 138 Å². The Morgan fingerprint density at radius 1 is 1.33 bits per heavy atom. The number of rotatable bonds is 1. The minimum Gasteiger partial charge on any atom is -0.398 e. The van der Waals surface area contributed by atoms with Gasteiger partial charge in [-0.05, 0) is 32.4 Å². The van der Waals surface area contributed by atoms with Crippen LogP contribution in [0.25, 0.3) is 10.9 Å². The highest BCUT2D eigenvalue weighted by Gasteiger charge is 2.58. The SMILES string of the molecule is Cc1nc2cccc(N)c2c(=O)n1C1(C)CCC(=O)NC12COC2. The molecule has 2 saturated heterocycles. The molecule has 4 rings (SSSR count). The standard InChI is InChI=1S/C17H20N4O3/c1-10-19-12-5-3-4-11(18)14(12)15(23)21(10)16(2)7-6-13(22)20-17(16)8-24-9-17/h3-5H,6-9,18H2,1-2H3,(H,20,22). The first-order valence-corrected chi connectivity index (χ1v) is 8.05. The fourth-order valence-electron chi connectivity index (χ4n) is 4.02. The number of carbonyl (C=O) groups excluding carboxylic acids is 1. The molecule has 1 spiro atoms. The first kappa shape index (κ1) is 15.1. The number of aromatic nitrogens is 2. The van der Waals surface area contributed by atoms with Gasteiger partial charge in [-0.3, -0.25) is 14.2 Å². The number of hydrogen-bond donors (Lipinski definition) is 2. The van der Waals surface area contributed by atoms with Crippen LogP contribution in [0.3, 0.4) is 0 Å². The zero-order chi connectivity index (χ0) is 17.1. The number of ether oxygens (including phenoxy) is 1. The monoisotopic (exact) mass is 328 g/mol. The fraction of sp³-hybridized carbons (Fsp3) is 0.471. The Kier molecular flexibility index (Phi) is 3.02. The molecule has 7 nitrogen and oxygen atoms in total. The van der Waals surface area contributed by atoms with Crippen molar-refractivity contribution in [1.29, 1.82) is 0 Å². The highest BCUT2D eigenvalue weighted by atomic mass is 16.5. The van der Waals surface area contributed by atoms with Gasteiger partial charge in [0, 0.05) is 12.1 Å². The number of hydrogen-bond acceptors (Lipinski definition) is 5. The molecule has 2 aromatic rings. The quantitative estimate of drug-likeness (QED) is 0.750. The van der Waals surface area contributed by atoms with Crippen LogP contribution in [0, 0.1) is 6.92 Å². The van der Waals surface area contributed by atoms with Gasteiger partial charge in [-0.1, -0.05) is 6.07 Å². The first-order valence-electron chi connectivity index (χ1n) is 8.05. The van der Waals surface area contributed by atoms with Crippen LogP contribution in [0.15, 0.2) is 23.0 Å². The summed E-state index contributed by atoms with van der Waals surface area (Å²) in [7, 11) is 0. The third-order valence-electron chi connectivity index (χ3n) is 5.54. The highest BCUT2D eigenvalue weighted by Crippen LogP contribution is 2.42. The van der Waals surface area contributed by atoms with Gasteiger partial charge < -0.3 is 15.8 Å². The van der Waals surface area contributed by atoms with E-state index in [2.05, 4.69) is 10.3 Å². The lowest BCUT2D eigenvalue weighted by atomic mass is 9.70. The maximum Gasteiger partial charge on any atom is 0.264 e. The summed E-state index contributed by atoms with van der Waals surface area (Å²) >= 11 is 0. The van der Waals surface area contributed by atoms with E-state index in [9.17, 15) is 9.59 Å². The molecule has 24 heavy (non-hydrogen) atoms. The molecule has 1 amide bonds. The number of aryl methyl sites for hydroxylation is 1. The van der Waals surface area contributed by atoms with E-state index in [1.165, 1.54) is 0 Å². The van der Waals surface area contributed by atoms with E-state index >= 15 is 0 Å². The van der Waals surface area contributed by atoms with Crippen molar-refractivity contribution in [2.75, 3.05) is 18.9 Å². The van der Waals surface area contributed by atoms with Gasteiger partial charge in [0.2, 0.25) is 5.91 Å². The molecule has 0 radical (unpaired) electrons. The molecule has 0 saturated carbocycles. The van der Waals surface area contributed by atoms with E-state index in [-0.39, 0.29) is 11.5 Å². The van der Waals surface area contributed by atoms with Gasteiger partial charge in [0.15, 0.2) is 0 Å². The number of piperidine rings is 1. The van der Waals surface area contributed by atoms with E-state index in [1.807, 2.05) is 13.8 Å². The topological polar surface area (TPSA) is 99.2 Å². The molecule has 126 valence electrons. The van der Waals surface area contributed by atoms with E-state index in [0.29, 0.717) is 48.5 Å². The molecule has 0 bridgehead atoms. The zero-order valence-electron chi connectivity index (χ0n) is 13.8. The lowest BCUT2D eigenvalue weighted by molar-refractivity contribution is -0.163. The number of anilines is 1. The molecule has 1 aromatic heterocycles. The van der Waals surface area contributed by atoms with Crippen molar-refractivity contribution in [3.8, 4) is 0 Å². The Morgan fingerprint density at radius 2 is 2.08 bits per heavy atom. The number of fused-ring (bicyclic) bond motifs is 1. The van der Waals surface area contributed by atoms with Gasteiger partial charge in [-0.2, -0.15) is 0 Å². The average Bonchev–Trinajstić information content (AvgIpc) is 2.48. The summed E-state index contributed by atoms with van der Waals surface area (Å²) in [4.78, 5) is 29.8. The van der Waals surface area contributed by atoms with Crippen LogP contribution in [0.5, 0.6) is 0 Å². The van der Waals surface area contributed by atoms with Gasteiger partial charge in [0.25, 0.3) is 5.56 Å². The summed E-state index contributed by atoms with van der Waals surface area (Å²) in [5.41, 5.74) is 5.70. The molecule has 2 fully saturated rings. The molecule has 1 atom stereocenters. The largest absolute Gasteiger partial charge is 0.398 e. The van der Waals surface area contributed by atoms with Gasteiger partial charge >= 0.3 is 0 Å².